The van der Waals surface area contributed by atoms with Gasteiger partial charge in [0.1, 0.15) is 23.0 Å². The van der Waals surface area contributed by atoms with Gasteiger partial charge in [0, 0.05) is 63.2 Å². The molecule has 0 spiro atoms. The summed E-state index contributed by atoms with van der Waals surface area (Å²) in [6.07, 6.45) is -1.32. The van der Waals surface area contributed by atoms with Crippen molar-refractivity contribution in [2.24, 2.45) is 0 Å². The Kier molecular flexibility index (Phi) is 6.39. The van der Waals surface area contributed by atoms with Gasteiger partial charge in [-0.2, -0.15) is 0 Å². The summed E-state index contributed by atoms with van der Waals surface area (Å²) in [5, 5.41) is 0.152. The first-order valence-corrected chi connectivity index (χ1v) is 16.4. The predicted octanol–water partition coefficient (Wildman–Crippen LogP) is 5.80. The molecule has 4 aromatic heterocycles. The Labute approximate surface area is 303 Å². The first-order valence-electron chi connectivity index (χ1n) is 20.7. The predicted molar refractivity (Wildman–Crippen MR) is 186 cm³/mol. The monoisotopic (exact) mass is 704 g/mol. The normalized spacial score (nSPS) is 17.7. The summed E-state index contributed by atoms with van der Waals surface area (Å²) in [4.78, 5) is 22.0. The van der Waals surface area contributed by atoms with Crippen LogP contribution in [-0.4, -0.2) is 66.8 Å². The third-order valence-corrected chi connectivity index (χ3v) is 9.12. The number of fused-ring (bicyclic) bond motifs is 2. The fraction of sp³-hybridized carbons (Fsp3) is 0.294. The lowest BCUT2D eigenvalue weighted by Gasteiger charge is -2.11. The van der Waals surface area contributed by atoms with E-state index in [1.54, 1.807) is 36.4 Å². The van der Waals surface area contributed by atoms with E-state index in [1.807, 2.05) is 0 Å². The SMILES string of the molecule is [2H]c1nc(CS(=O)c2nc3ccc(OC)cc3[nH]2)c(C([2H])([2H])[2H])c(OC)c1C([2H])([2H])[2H].[2H]c1nc(CS(=O)c2nc3ccc(OC)cc3[nH]2)c(C([2H])([2H])[2H])c(OC)c1C([2H])([2H])[2H]. The number of aromatic amines is 2. The minimum absolute atomic E-state index is 0.0759. The summed E-state index contributed by atoms with van der Waals surface area (Å²) in [6.45, 7) is -11.3. The average Bonchev–Trinajstić information content (AvgIpc) is 3.79. The van der Waals surface area contributed by atoms with Crippen molar-refractivity contribution in [3.8, 4) is 23.0 Å². The van der Waals surface area contributed by atoms with Gasteiger partial charge in [0.2, 0.25) is 0 Å². The van der Waals surface area contributed by atoms with Crippen molar-refractivity contribution >= 4 is 43.7 Å². The molecule has 2 aromatic carbocycles. The maximum Gasteiger partial charge on any atom is 0.197 e. The number of rotatable bonds is 10. The van der Waals surface area contributed by atoms with E-state index in [2.05, 4.69) is 29.9 Å². The third-order valence-electron chi connectivity index (χ3n) is 6.80. The van der Waals surface area contributed by atoms with E-state index >= 15 is 0 Å². The average molecular weight is 705 g/mol. The number of hydrogen-bond donors (Lipinski definition) is 2. The van der Waals surface area contributed by atoms with Crippen LogP contribution in [0.3, 0.4) is 0 Å². The van der Waals surface area contributed by atoms with Crippen molar-refractivity contribution in [2.75, 3.05) is 28.4 Å². The molecular weight excluding hydrogens is 653 g/mol. The molecule has 2 N–H and O–H groups in total. The lowest BCUT2D eigenvalue weighted by atomic mass is 10.1. The minimum Gasteiger partial charge on any atom is -0.497 e. The number of aromatic nitrogens is 6. The molecule has 2 unspecified atom stereocenters. The molecular formula is C34H38N6O6S2. The Hall–Kier alpha value is -4.82. The Balaban J connectivity index is 0.000000234. The van der Waals surface area contributed by atoms with Gasteiger partial charge >= 0.3 is 0 Å². The maximum atomic E-state index is 13.0. The molecule has 6 aromatic rings. The Morgan fingerprint density at radius 1 is 0.667 bits per heavy atom. The van der Waals surface area contributed by atoms with Gasteiger partial charge in [-0.05, 0) is 51.7 Å². The highest BCUT2D eigenvalue weighted by atomic mass is 32.2. The highest BCUT2D eigenvalue weighted by Crippen LogP contribution is 2.28. The largest absolute Gasteiger partial charge is 0.497 e. The van der Waals surface area contributed by atoms with Crippen molar-refractivity contribution < 1.29 is 46.6 Å². The number of benzene rings is 2. The summed E-state index contributed by atoms with van der Waals surface area (Å²) < 4.78 is 155. The summed E-state index contributed by atoms with van der Waals surface area (Å²) in [5.74, 6) is -0.613. The number of H-pyrrole nitrogens is 2. The topological polar surface area (TPSA) is 154 Å². The van der Waals surface area contributed by atoms with Crippen molar-refractivity contribution in [1.82, 2.24) is 29.9 Å². The molecule has 0 aliphatic rings. The fourth-order valence-corrected chi connectivity index (χ4v) is 6.41. The standard InChI is InChI=1S/2C17H19N3O3S/c2*1-10-8-18-15(11(2)16(10)23-4)9-24(21)17-19-13-6-5-12(22-3)7-14(13)20-17/h2*5-8H,9H2,1-4H3,(H,19,20)/i2*1D3,2D3,8D. The molecule has 0 amide bonds. The quantitative estimate of drug-likeness (QED) is 0.179. The van der Waals surface area contributed by atoms with E-state index in [9.17, 15) is 8.42 Å². The van der Waals surface area contributed by atoms with Crippen molar-refractivity contribution in [2.45, 2.75) is 49.2 Å². The second-order valence-electron chi connectivity index (χ2n) is 9.74. The summed E-state index contributed by atoms with van der Waals surface area (Å²) in [7, 11) is 1.52. The van der Waals surface area contributed by atoms with Crippen LogP contribution in [0.2, 0.25) is 0 Å². The Bertz CT molecular complexity index is 2500. The number of hydrogen-bond acceptors (Lipinski definition) is 10. The van der Waals surface area contributed by atoms with Crippen LogP contribution in [0.4, 0.5) is 0 Å². The highest BCUT2D eigenvalue weighted by Gasteiger charge is 2.18. The van der Waals surface area contributed by atoms with Crippen LogP contribution < -0.4 is 18.9 Å². The smallest absolute Gasteiger partial charge is 0.197 e. The van der Waals surface area contributed by atoms with Crippen molar-refractivity contribution in [3.05, 3.63) is 82.4 Å². The van der Waals surface area contributed by atoms with Crippen LogP contribution in [0.25, 0.3) is 22.1 Å². The number of pyridine rings is 2. The van der Waals surface area contributed by atoms with Gasteiger partial charge in [0.25, 0.3) is 0 Å². The summed E-state index contributed by atoms with van der Waals surface area (Å²) in [6, 6.07) is 10.1. The van der Waals surface area contributed by atoms with Gasteiger partial charge < -0.3 is 28.9 Å². The van der Waals surface area contributed by atoms with E-state index in [-0.39, 0.29) is 21.7 Å². The molecule has 4 heterocycles. The molecule has 0 fully saturated rings. The fourth-order valence-electron chi connectivity index (χ4n) is 4.37. The van der Waals surface area contributed by atoms with E-state index in [0.29, 0.717) is 33.6 Å². The first-order chi connectivity index (χ1) is 28.7. The Morgan fingerprint density at radius 2 is 1.10 bits per heavy atom. The van der Waals surface area contributed by atoms with Gasteiger partial charge in [-0.25, -0.2) is 9.97 Å². The van der Waals surface area contributed by atoms with E-state index in [4.69, 9.17) is 38.1 Å². The number of methoxy groups -OCH3 is 4. The lowest BCUT2D eigenvalue weighted by molar-refractivity contribution is 0.407. The van der Waals surface area contributed by atoms with Gasteiger partial charge in [-0.3, -0.25) is 18.4 Å². The van der Waals surface area contributed by atoms with Gasteiger partial charge in [-0.15, -0.1) is 0 Å². The second kappa shape index (κ2) is 14.9. The molecule has 0 aliphatic heterocycles. The molecule has 0 aliphatic carbocycles. The molecule has 14 heteroatoms. The molecule has 0 bridgehead atoms. The molecule has 12 nitrogen and oxygen atoms in total. The second-order valence-corrected chi connectivity index (χ2v) is 12.5. The molecule has 48 heavy (non-hydrogen) atoms. The number of ether oxygens (including phenoxy) is 4. The van der Waals surface area contributed by atoms with Crippen LogP contribution >= 0.6 is 0 Å². The van der Waals surface area contributed by atoms with Gasteiger partial charge in [0.15, 0.2) is 10.3 Å². The molecule has 2 atom stereocenters. The van der Waals surface area contributed by atoms with Crippen molar-refractivity contribution in [1.29, 1.82) is 0 Å². The molecule has 0 saturated heterocycles. The van der Waals surface area contributed by atoms with Crippen LogP contribution in [0.15, 0.2) is 59.1 Å². The summed E-state index contributed by atoms with van der Waals surface area (Å²) in [5.41, 5.74) is -0.400. The zero-order chi connectivity index (χ0) is 46.3. The minimum atomic E-state index is -2.81. The zero-order valence-electron chi connectivity index (χ0n) is 39.9. The molecule has 0 radical (unpaired) electrons. The van der Waals surface area contributed by atoms with E-state index < -0.39 is 107 Å². The number of imidazole rings is 2. The molecule has 0 saturated carbocycles. The van der Waals surface area contributed by atoms with Crippen LogP contribution in [0.5, 0.6) is 23.0 Å². The number of nitrogens with one attached hydrogen (secondary N) is 2. The highest BCUT2D eigenvalue weighted by molar-refractivity contribution is 7.84. The van der Waals surface area contributed by atoms with Crippen LogP contribution in [0.1, 0.15) is 52.8 Å². The first kappa shape index (κ1) is 20.5. The van der Waals surface area contributed by atoms with Crippen molar-refractivity contribution in [3.63, 3.8) is 0 Å². The Morgan fingerprint density at radius 3 is 1.46 bits per heavy atom. The van der Waals surface area contributed by atoms with Crippen LogP contribution in [-0.2, 0) is 33.1 Å². The van der Waals surface area contributed by atoms with E-state index in [1.165, 1.54) is 14.2 Å². The third kappa shape index (κ3) is 7.34. The maximum absolute atomic E-state index is 13.0. The van der Waals surface area contributed by atoms with Gasteiger partial charge in [-0.1, -0.05) is 0 Å². The zero-order valence-corrected chi connectivity index (χ0v) is 27.6. The number of nitrogens with zero attached hydrogens (tertiary/aromatic N) is 4. The van der Waals surface area contributed by atoms with Crippen LogP contribution in [0, 0.1) is 27.4 Å². The van der Waals surface area contributed by atoms with E-state index in [0.717, 1.165) is 14.2 Å². The summed E-state index contributed by atoms with van der Waals surface area (Å²) >= 11 is 0. The lowest BCUT2D eigenvalue weighted by Crippen LogP contribution is -2.05. The molecule has 6 rings (SSSR count). The molecule has 252 valence electrons. The van der Waals surface area contributed by atoms with Gasteiger partial charge in [0.05, 0.1) is 97.7 Å².